The summed E-state index contributed by atoms with van der Waals surface area (Å²) in [4.78, 5) is 38.1. The molecule has 0 bridgehead atoms. The van der Waals surface area contributed by atoms with Crippen LogP contribution in [0.1, 0.15) is 114 Å². The quantitative estimate of drug-likeness (QED) is 0.311. The Morgan fingerprint density at radius 1 is 0.881 bits per heavy atom. The summed E-state index contributed by atoms with van der Waals surface area (Å²) in [6, 6.07) is 0. The number of carbonyl (C=O) groups is 3. The zero-order chi connectivity index (χ0) is 31.0. The predicted molar refractivity (Wildman–Crippen MR) is 162 cm³/mol. The number of ether oxygens (including phenoxy) is 3. The highest BCUT2D eigenvalue weighted by molar-refractivity contribution is 6.00. The summed E-state index contributed by atoms with van der Waals surface area (Å²) in [5, 5.41) is 0. The standard InChI is InChI=1S/C36H54O6/c1-21(2)30-25(40-10)19-28(39)36(20-41-22(3)37)18-17-34(8)24(31(30)36)11-12-27-33(7)15-14-29(42-23(4)38)32(5,6)26(33)13-16-35(27,34)9/h19,21,24,26-27,29H,11-18,20H2,1-10H3/t24-,26+,27-,29+,33+,34-,35-,36-/m1/s1. The van der Waals surface area contributed by atoms with Crippen molar-refractivity contribution in [2.75, 3.05) is 13.7 Å². The Bertz CT molecular complexity index is 1230. The van der Waals surface area contributed by atoms with Gasteiger partial charge in [0.05, 0.1) is 12.5 Å². The van der Waals surface area contributed by atoms with Gasteiger partial charge in [-0.2, -0.15) is 0 Å². The summed E-state index contributed by atoms with van der Waals surface area (Å²) in [5.74, 6) is 1.61. The van der Waals surface area contributed by atoms with Gasteiger partial charge in [0.15, 0.2) is 5.78 Å². The fourth-order valence-electron chi connectivity index (χ4n) is 11.6. The van der Waals surface area contributed by atoms with Crippen LogP contribution in [-0.4, -0.2) is 37.5 Å². The van der Waals surface area contributed by atoms with Crippen molar-refractivity contribution in [3.05, 3.63) is 23.0 Å². The molecule has 5 rings (SSSR count). The minimum absolute atomic E-state index is 0.00750. The molecule has 4 saturated carbocycles. The molecule has 0 radical (unpaired) electrons. The van der Waals surface area contributed by atoms with E-state index in [1.54, 1.807) is 13.2 Å². The number of ketones is 1. The lowest BCUT2D eigenvalue weighted by atomic mass is 9.32. The van der Waals surface area contributed by atoms with E-state index >= 15 is 0 Å². The fourth-order valence-corrected chi connectivity index (χ4v) is 11.6. The molecule has 5 aliphatic carbocycles. The summed E-state index contributed by atoms with van der Waals surface area (Å²) in [6.07, 6.45) is 9.62. The third kappa shape index (κ3) is 4.19. The normalized spacial score (nSPS) is 42.5. The first-order chi connectivity index (χ1) is 19.5. The number of hydrogen-bond acceptors (Lipinski definition) is 6. The molecular weight excluding hydrogens is 528 g/mol. The third-order valence-corrected chi connectivity index (χ3v) is 13.7. The number of hydrogen-bond donors (Lipinski definition) is 0. The lowest BCUT2D eigenvalue weighted by Gasteiger charge is -2.72. The van der Waals surface area contributed by atoms with Crippen molar-refractivity contribution in [2.24, 2.45) is 50.7 Å². The first kappa shape index (κ1) is 31.3. The average Bonchev–Trinajstić information content (AvgIpc) is 2.89. The summed E-state index contributed by atoms with van der Waals surface area (Å²) in [6.45, 7) is 19.7. The maximum Gasteiger partial charge on any atom is 0.302 e. The van der Waals surface area contributed by atoms with Crippen LogP contribution in [0.3, 0.4) is 0 Å². The predicted octanol–water partition coefficient (Wildman–Crippen LogP) is 7.60. The molecule has 0 amide bonds. The zero-order valence-electron chi connectivity index (χ0n) is 27.8. The van der Waals surface area contributed by atoms with Crippen LogP contribution in [0.2, 0.25) is 0 Å². The molecular formula is C36H54O6. The van der Waals surface area contributed by atoms with E-state index in [9.17, 15) is 14.4 Å². The number of methoxy groups -OCH3 is 1. The van der Waals surface area contributed by atoms with Gasteiger partial charge in [-0.3, -0.25) is 14.4 Å². The van der Waals surface area contributed by atoms with Crippen LogP contribution in [0.25, 0.3) is 0 Å². The van der Waals surface area contributed by atoms with Gasteiger partial charge in [-0.25, -0.2) is 0 Å². The van der Waals surface area contributed by atoms with Gasteiger partial charge < -0.3 is 14.2 Å². The summed E-state index contributed by atoms with van der Waals surface area (Å²) < 4.78 is 17.5. The molecule has 4 fully saturated rings. The van der Waals surface area contributed by atoms with E-state index in [4.69, 9.17) is 14.2 Å². The van der Waals surface area contributed by atoms with Crippen molar-refractivity contribution in [1.82, 2.24) is 0 Å². The van der Waals surface area contributed by atoms with E-state index in [2.05, 4.69) is 48.5 Å². The molecule has 0 heterocycles. The van der Waals surface area contributed by atoms with Crippen molar-refractivity contribution in [3.63, 3.8) is 0 Å². The van der Waals surface area contributed by atoms with Gasteiger partial charge in [-0.15, -0.1) is 0 Å². The van der Waals surface area contributed by atoms with E-state index in [0.717, 1.165) is 50.5 Å². The zero-order valence-corrected chi connectivity index (χ0v) is 27.8. The highest BCUT2D eigenvalue weighted by Gasteiger charge is 2.70. The molecule has 42 heavy (non-hydrogen) atoms. The Morgan fingerprint density at radius 2 is 1.57 bits per heavy atom. The Kier molecular flexibility index (Phi) is 7.63. The highest BCUT2D eigenvalue weighted by atomic mass is 16.5. The molecule has 0 aromatic rings. The van der Waals surface area contributed by atoms with Gasteiger partial charge in [0.25, 0.3) is 0 Å². The van der Waals surface area contributed by atoms with Gasteiger partial charge in [0.2, 0.25) is 0 Å². The van der Waals surface area contributed by atoms with Crippen LogP contribution in [0.4, 0.5) is 0 Å². The van der Waals surface area contributed by atoms with Crippen molar-refractivity contribution in [3.8, 4) is 0 Å². The monoisotopic (exact) mass is 582 g/mol. The third-order valence-electron chi connectivity index (χ3n) is 13.7. The Balaban J connectivity index is 1.60. The molecule has 8 atom stereocenters. The van der Waals surface area contributed by atoms with E-state index in [-0.39, 0.29) is 63.9 Å². The average molecular weight is 583 g/mol. The minimum atomic E-state index is -0.814. The van der Waals surface area contributed by atoms with E-state index in [1.807, 2.05) is 0 Å². The SMILES string of the molecule is COC1=CC(=O)[C@]2(COC(C)=O)CC[C@]3(C)[C@H](CC[C@@H]4[C@@]5(C)CC[C@H](OC(C)=O)C(C)(C)[C@@H]5CC[C@]43C)C2=C1C(C)C. The van der Waals surface area contributed by atoms with Crippen molar-refractivity contribution < 1.29 is 28.6 Å². The van der Waals surface area contributed by atoms with Gasteiger partial charge in [0.1, 0.15) is 18.5 Å². The number of fused-ring (bicyclic) bond motifs is 7. The maximum atomic E-state index is 14.0. The molecule has 6 nitrogen and oxygen atoms in total. The molecule has 0 unspecified atom stereocenters. The van der Waals surface area contributed by atoms with Crippen LogP contribution in [0.15, 0.2) is 23.0 Å². The van der Waals surface area contributed by atoms with Crippen molar-refractivity contribution in [2.45, 2.75) is 120 Å². The van der Waals surface area contributed by atoms with Crippen LogP contribution in [0.5, 0.6) is 0 Å². The fraction of sp³-hybridized carbons (Fsp3) is 0.806. The van der Waals surface area contributed by atoms with E-state index in [1.165, 1.54) is 19.4 Å². The van der Waals surface area contributed by atoms with Crippen molar-refractivity contribution >= 4 is 17.7 Å². The first-order valence-corrected chi connectivity index (χ1v) is 16.3. The Labute approximate surface area is 253 Å². The van der Waals surface area contributed by atoms with Crippen LogP contribution >= 0.6 is 0 Å². The highest BCUT2D eigenvalue weighted by Crippen LogP contribution is 2.76. The second-order valence-electron chi connectivity index (χ2n) is 16.0. The van der Waals surface area contributed by atoms with Gasteiger partial charge in [-0.1, -0.05) is 48.5 Å². The van der Waals surface area contributed by atoms with Crippen LogP contribution in [-0.2, 0) is 28.6 Å². The van der Waals surface area contributed by atoms with Gasteiger partial charge in [0, 0.05) is 25.3 Å². The van der Waals surface area contributed by atoms with Crippen LogP contribution < -0.4 is 0 Å². The van der Waals surface area contributed by atoms with Crippen molar-refractivity contribution in [1.29, 1.82) is 0 Å². The topological polar surface area (TPSA) is 78.9 Å². The second-order valence-corrected chi connectivity index (χ2v) is 16.0. The molecule has 0 aliphatic heterocycles. The Morgan fingerprint density at radius 3 is 2.17 bits per heavy atom. The first-order valence-electron chi connectivity index (χ1n) is 16.3. The van der Waals surface area contributed by atoms with Gasteiger partial charge >= 0.3 is 11.9 Å². The van der Waals surface area contributed by atoms with E-state index in [0.29, 0.717) is 24.0 Å². The number of esters is 2. The summed E-state index contributed by atoms with van der Waals surface area (Å²) in [7, 11) is 1.66. The maximum absolute atomic E-state index is 14.0. The lowest BCUT2D eigenvalue weighted by molar-refractivity contribution is -0.233. The smallest absolute Gasteiger partial charge is 0.302 e. The summed E-state index contributed by atoms with van der Waals surface area (Å²) >= 11 is 0. The van der Waals surface area contributed by atoms with Crippen LogP contribution in [0, 0.1) is 50.7 Å². The largest absolute Gasteiger partial charge is 0.496 e. The number of carbonyl (C=O) groups excluding carboxylic acids is 3. The van der Waals surface area contributed by atoms with E-state index < -0.39 is 5.41 Å². The molecule has 0 N–H and O–H groups in total. The minimum Gasteiger partial charge on any atom is -0.496 e. The van der Waals surface area contributed by atoms with Gasteiger partial charge in [-0.05, 0) is 102 Å². The molecule has 5 aliphatic rings. The molecule has 0 aromatic heterocycles. The molecule has 0 saturated heterocycles. The number of allylic oxidation sites excluding steroid dienone is 2. The number of rotatable bonds is 5. The molecule has 0 spiro atoms. The second kappa shape index (κ2) is 10.2. The molecule has 6 heteroatoms. The lowest BCUT2D eigenvalue weighted by Crippen LogP contribution is -2.66. The summed E-state index contributed by atoms with van der Waals surface area (Å²) in [5.41, 5.74) is 1.69. The molecule has 234 valence electrons. The molecule has 0 aromatic carbocycles. The Hall–Kier alpha value is -2.11.